The van der Waals surface area contributed by atoms with Crippen LogP contribution < -0.4 is 9.64 Å². The topological polar surface area (TPSA) is 102 Å². The van der Waals surface area contributed by atoms with Gasteiger partial charge in [0, 0.05) is 35.8 Å². The predicted molar refractivity (Wildman–Crippen MR) is 170 cm³/mol. The fourth-order valence-electron chi connectivity index (χ4n) is 7.47. The number of aryl methyl sites for hydroxylation is 1. The van der Waals surface area contributed by atoms with Gasteiger partial charge in [-0.05, 0) is 128 Å². The van der Waals surface area contributed by atoms with E-state index in [0.717, 1.165) is 86.3 Å². The Morgan fingerprint density at radius 2 is 1.75 bits per heavy atom. The Kier molecular flexibility index (Phi) is 8.19. The number of hydrogen-bond acceptors (Lipinski definition) is 6. The highest BCUT2D eigenvalue weighted by molar-refractivity contribution is 5.95. The number of ether oxygens (including phenoxy) is 1. The van der Waals surface area contributed by atoms with Crippen LogP contribution in [-0.2, 0) is 4.79 Å². The molecule has 1 amide bonds. The van der Waals surface area contributed by atoms with Crippen LogP contribution in [0.4, 0.5) is 5.69 Å². The fraction of sp³-hybridized carbons (Fsp3) is 0.514. The van der Waals surface area contributed by atoms with Gasteiger partial charge in [-0.25, -0.2) is 5.10 Å². The number of hydrogen-bond donors (Lipinski definition) is 1. The number of nitrogens with zero attached hydrogens (tertiary/aromatic N) is 6. The minimum atomic E-state index is 0.0158. The van der Waals surface area contributed by atoms with Gasteiger partial charge in [0.05, 0.1) is 19.3 Å². The van der Waals surface area contributed by atoms with E-state index in [4.69, 9.17) is 4.74 Å². The minimum absolute atomic E-state index is 0.0158. The van der Waals surface area contributed by atoms with E-state index in [2.05, 4.69) is 90.9 Å². The third kappa shape index (κ3) is 6.14. The largest absolute Gasteiger partial charge is 0.496 e. The second kappa shape index (κ2) is 12.5. The molecule has 0 radical (unpaired) electrons. The molecule has 0 aliphatic heterocycles. The molecule has 2 aromatic heterocycles. The number of carbonyl (C=O) groups is 1. The lowest BCUT2D eigenvalue weighted by molar-refractivity contribution is -0.123. The maximum absolute atomic E-state index is 14.3. The number of rotatable bonds is 9. The molecule has 9 nitrogen and oxygen atoms in total. The summed E-state index contributed by atoms with van der Waals surface area (Å²) < 4.78 is 7.58. The van der Waals surface area contributed by atoms with Crippen molar-refractivity contribution >= 4 is 11.6 Å². The molecule has 0 bridgehead atoms. The quantitative estimate of drug-likeness (QED) is 0.224. The standard InChI is InChI=1S/C35H43N7O2/c1-23-18-29(14-17-33(23)44-2)25-8-6-24(7-9-25)21-41(35(43)27-12-10-26(11-13-27)34-37-39-40-38-34)32-5-3-4-28(19-32)30-20-36-42(22-30)31-15-16-31/h3-5,14,17-20,22,24-27,31H,6-13,15-16,21H2,1-2H3,(H,37,38,39,40)/t24-,25-,26-,27-. The second-order valence-electron chi connectivity index (χ2n) is 13.2. The van der Waals surface area contributed by atoms with E-state index in [-0.39, 0.29) is 11.8 Å². The van der Waals surface area contributed by atoms with Gasteiger partial charge in [-0.15, -0.1) is 5.10 Å². The van der Waals surface area contributed by atoms with Crippen molar-refractivity contribution in [2.24, 2.45) is 11.8 Å². The molecule has 2 heterocycles. The molecule has 0 unspecified atom stereocenters. The second-order valence-corrected chi connectivity index (χ2v) is 13.2. The maximum atomic E-state index is 14.3. The van der Waals surface area contributed by atoms with Crippen LogP contribution in [-0.4, -0.2) is 50.0 Å². The molecule has 0 spiro atoms. The average Bonchev–Trinajstić information content (AvgIpc) is 3.53. The summed E-state index contributed by atoms with van der Waals surface area (Å²) in [6.07, 6.45) is 14.6. The Morgan fingerprint density at radius 3 is 2.45 bits per heavy atom. The van der Waals surface area contributed by atoms with Crippen molar-refractivity contribution in [2.75, 3.05) is 18.6 Å². The number of tetrazole rings is 1. The van der Waals surface area contributed by atoms with Crippen molar-refractivity contribution in [3.63, 3.8) is 0 Å². The molecule has 1 N–H and O–H groups in total. The average molecular weight is 594 g/mol. The summed E-state index contributed by atoms with van der Waals surface area (Å²) in [5.41, 5.74) is 5.84. The van der Waals surface area contributed by atoms with Gasteiger partial charge in [-0.2, -0.15) is 5.10 Å². The molecule has 3 fully saturated rings. The fourth-order valence-corrected chi connectivity index (χ4v) is 7.47. The van der Waals surface area contributed by atoms with Gasteiger partial charge in [-0.1, -0.05) is 24.3 Å². The normalized spacial score (nSPS) is 23.8. The van der Waals surface area contributed by atoms with Crippen LogP contribution >= 0.6 is 0 Å². The van der Waals surface area contributed by atoms with E-state index < -0.39 is 0 Å². The zero-order valence-electron chi connectivity index (χ0n) is 25.9. The number of amides is 1. The van der Waals surface area contributed by atoms with E-state index in [1.807, 2.05) is 6.20 Å². The minimum Gasteiger partial charge on any atom is -0.496 e. The number of nitrogens with one attached hydrogen (secondary N) is 1. The molecular formula is C35H43N7O2. The molecule has 0 saturated heterocycles. The predicted octanol–water partition coefficient (Wildman–Crippen LogP) is 7.00. The number of aromatic nitrogens is 6. The zero-order valence-corrected chi connectivity index (χ0v) is 25.9. The summed E-state index contributed by atoms with van der Waals surface area (Å²) in [5, 5.41) is 19.2. The smallest absolute Gasteiger partial charge is 0.230 e. The van der Waals surface area contributed by atoms with Crippen molar-refractivity contribution in [1.29, 1.82) is 0 Å². The number of aromatic amines is 1. The lowest BCUT2D eigenvalue weighted by Crippen LogP contribution is -2.41. The first-order valence-corrected chi connectivity index (χ1v) is 16.4. The lowest BCUT2D eigenvalue weighted by atomic mass is 9.77. The summed E-state index contributed by atoms with van der Waals surface area (Å²) in [5.74, 6) is 3.41. The van der Waals surface area contributed by atoms with E-state index in [1.165, 1.54) is 24.0 Å². The maximum Gasteiger partial charge on any atom is 0.230 e. The van der Waals surface area contributed by atoms with Crippen molar-refractivity contribution in [3.05, 3.63) is 71.8 Å². The molecular weight excluding hydrogens is 550 g/mol. The number of benzene rings is 2. The van der Waals surface area contributed by atoms with Crippen LogP contribution in [0, 0.1) is 18.8 Å². The van der Waals surface area contributed by atoms with Gasteiger partial charge in [0.15, 0.2) is 5.82 Å². The molecule has 4 aromatic rings. The Morgan fingerprint density at radius 1 is 0.955 bits per heavy atom. The van der Waals surface area contributed by atoms with E-state index in [0.29, 0.717) is 23.8 Å². The third-order valence-corrected chi connectivity index (χ3v) is 10.3. The van der Waals surface area contributed by atoms with Gasteiger partial charge < -0.3 is 9.64 Å². The van der Waals surface area contributed by atoms with Gasteiger partial charge in [-0.3, -0.25) is 9.48 Å². The van der Waals surface area contributed by atoms with Crippen molar-refractivity contribution < 1.29 is 9.53 Å². The first kappa shape index (κ1) is 28.7. The summed E-state index contributed by atoms with van der Waals surface area (Å²) in [6.45, 7) is 2.89. The van der Waals surface area contributed by atoms with Gasteiger partial charge >= 0.3 is 0 Å². The SMILES string of the molecule is COc1ccc([C@H]2CC[C@H](CN(c3cccc(-c4cnn(C5CC5)c4)c3)C(=O)[C@H]3CC[C@H](c4nnn[nH]4)CC3)CC2)cc1C. The molecule has 7 rings (SSSR count). The molecule has 2 aromatic carbocycles. The number of carbonyl (C=O) groups excluding carboxylic acids is 1. The van der Waals surface area contributed by atoms with Crippen LogP contribution in [0.15, 0.2) is 54.9 Å². The summed E-state index contributed by atoms with van der Waals surface area (Å²) in [6, 6.07) is 15.7. The molecule has 230 valence electrons. The summed E-state index contributed by atoms with van der Waals surface area (Å²) >= 11 is 0. The molecule has 0 atom stereocenters. The van der Waals surface area contributed by atoms with Gasteiger partial charge in [0.2, 0.25) is 5.91 Å². The Labute approximate surface area is 259 Å². The van der Waals surface area contributed by atoms with Crippen LogP contribution in [0.5, 0.6) is 5.75 Å². The first-order chi connectivity index (χ1) is 21.6. The van der Waals surface area contributed by atoms with E-state index in [1.54, 1.807) is 7.11 Å². The summed E-state index contributed by atoms with van der Waals surface area (Å²) in [7, 11) is 1.73. The van der Waals surface area contributed by atoms with Crippen molar-refractivity contribution in [2.45, 2.75) is 89.0 Å². The molecule has 3 aliphatic rings. The first-order valence-electron chi connectivity index (χ1n) is 16.4. The van der Waals surface area contributed by atoms with Crippen molar-refractivity contribution in [3.8, 4) is 16.9 Å². The van der Waals surface area contributed by atoms with Crippen LogP contribution in [0.25, 0.3) is 11.1 Å². The molecule has 9 heteroatoms. The van der Waals surface area contributed by atoms with E-state index >= 15 is 0 Å². The van der Waals surface area contributed by atoms with Gasteiger partial charge in [0.1, 0.15) is 5.75 Å². The number of H-pyrrole nitrogens is 1. The van der Waals surface area contributed by atoms with Crippen LogP contribution in [0.3, 0.4) is 0 Å². The highest BCUT2D eigenvalue weighted by atomic mass is 16.5. The Balaban J connectivity index is 1.08. The van der Waals surface area contributed by atoms with E-state index in [9.17, 15) is 4.79 Å². The third-order valence-electron chi connectivity index (χ3n) is 10.3. The molecule has 44 heavy (non-hydrogen) atoms. The van der Waals surface area contributed by atoms with Crippen LogP contribution in [0.1, 0.15) is 99.0 Å². The highest BCUT2D eigenvalue weighted by Gasteiger charge is 2.34. The van der Waals surface area contributed by atoms with Gasteiger partial charge in [0.25, 0.3) is 0 Å². The monoisotopic (exact) mass is 593 g/mol. The highest BCUT2D eigenvalue weighted by Crippen LogP contribution is 2.40. The van der Waals surface area contributed by atoms with Crippen molar-refractivity contribution in [1.82, 2.24) is 30.4 Å². The Hall–Kier alpha value is -4.01. The zero-order chi connectivity index (χ0) is 30.0. The molecule has 3 aliphatic carbocycles. The van der Waals surface area contributed by atoms with Crippen LogP contribution in [0.2, 0.25) is 0 Å². The number of methoxy groups -OCH3 is 1. The Bertz CT molecular complexity index is 1560. The molecule has 3 saturated carbocycles. The lowest BCUT2D eigenvalue weighted by Gasteiger charge is -2.36. The summed E-state index contributed by atoms with van der Waals surface area (Å²) in [4.78, 5) is 16.5. The number of anilines is 1.